The highest BCUT2D eigenvalue weighted by molar-refractivity contribution is 5.25. The summed E-state index contributed by atoms with van der Waals surface area (Å²) in [5.41, 5.74) is -0.159. The molecule has 2 nitrogen and oxygen atoms in total. The van der Waals surface area contributed by atoms with Crippen LogP contribution in [0.25, 0.3) is 0 Å². The van der Waals surface area contributed by atoms with E-state index in [4.69, 9.17) is 5.26 Å². The third-order valence-corrected chi connectivity index (χ3v) is 2.06. The minimum atomic E-state index is -4.32. The molecule has 0 bridgehead atoms. The highest BCUT2D eigenvalue weighted by Crippen LogP contribution is 2.29. The smallest absolute Gasteiger partial charge is 0.298 e. The van der Waals surface area contributed by atoms with E-state index in [1.54, 1.807) is 13.0 Å². The Kier molecular flexibility index (Phi) is 3.91. The molecule has 0 saturated heterocycles. The molecule has 0 aliphatic heterocycles. The maximum absolute atomic E-state index is 12.4. The second-order valence-electron chi connectivity index (χ2n) is 3.43. The number of alkyl halides is 3. The van der Waals surface area contributed by atoms with Gasteiger partial charge in [-0.15, -0.1) is 0 Å². The Morgan fingerprint density at radius 1 is 1.44 bits per heavy atom. The Morgan fingerprint density at radius 3 is 2.69 bits per heavy atom. The van der Waals surface area contributed by atoms with Gasteiger partial charge in [-0.3, -0.25) is 5.32 Å². The first kappa shape index (κ1) is 12.5. The summed E-state index contributed by atoms with van der Waals surface area (Å²) >= 11 is 0. The largest absolute Gasteiger partial charge is 0.416 e. The number of nitriles is 1. The van der Waals surface area contributed by atoms with Gasteiger partial charge in [-0.05, 0) is 18.6 Å². The zero-order chi connectivity index (χ0) is 12.2. The van der Waals surface area contributed by atoms with Crippen LogP contribution in [0, 0.1) is 11.3 Å². The van der Waals surface area contributed by atoms with Crippen LogP contribution >= 0.6 is 0 Å². The summed E-state index contributed by atoms with van der Waals surface area (Å²) in [6, 6.07) is 6.62. The van der Waals surface area contributed by atoms with Crippen molar-refractivity contribution in [2.24, 2.45) is 0 Å². The Labute approximate surface area is 91.7 Å². The molecule has 1 rings (SSSR count). The molecule has 0 spiro atoms. The molecule has 0 heterocycles. The van der Waals surface area contributed by atoms with Gasteiger partial charge in [-0.25, -0.2) is 0 Å². The molecule has 0 aromatic heterocycles. The number of hydrogen-bond acceptors (Lipinski definition) is 2. The number of rotatable bonds is 3. The lowest BCUT2D eigenvalue weighted by molar-refractivity contribution is -0.137. The average Bonchev–Trinajstić information content (AvgIpc) is 2.25. The Hall–Kier alpha value is -1.54. The Bertz CT molecular complexity index is 393. The van der Waals surface area contributed by atoms with Crippen molar-refractivity contribution in [2.75, 3.05) is 0 Å². The van der Waals surface area contributed by atoms with E-state index >= 15 is 0 Å². The van der Waals surface area contributed by atoms with Crippen molar-refractivity contribution < 1.29 is 13.2 Å². The molecule has 0 aliphatic carbocycles. The van der Waals surface area contributed by atoms with E-state index < -0.39 is 11.7 Å². The first-order valence-corrected chi connectivity index (χ1v) is 4.72. The van der Waals surface area contributed by atoms with Crippen LogP contribution in [0.4, 0.5) is 13.2 Å². The van der Waals surface area contributed by atoms with Crippen molar-refractivity contribution in [3.05, 3.63) is 35.4 Å². The summed E-state index contributed by atoms with van der Waals surface area (Å²) in [4.78, 5) is 0. The van der Waals surface area contributed by atoms with Crippen LogP contribution in [0.5, 0.6) is 0 Å². The van der Waals surface area contributed by atoms with Gasteiger partial charge in [0.05, 0.1) is 17.7 Å². The lowest BCUT2D eigenvalue weighted by Crippen LogP contribution is -2.23. The van der Waals surface area contributed by atoms with Crippen molar-refractivity contribution in [1.82, 2.24) is 5.32 Å². The molecule has 16 heavy (non-hydrogen) atoms. The van der Waals surface area contributed by atoms with E-state index in [1.807, 2.05) is 6.07 Å². The monoisotopic (exact) mass is 228 g/mol. The maximum atomic E-state index is 12.4. The summed E-state index contributed by atoms with van der Waals surface area (Å²) in [6.45, 7) is 1.90. The summed E-state index contributed by atoms with van der Waals surface area (Å²) in [5.74, 6) is 0. The van der Waals surface area contributed by atoms with Gasteiger partial charge < -0.3 is 0 Å². The van der Waals surface area contributed by atoms with Crippen molar-refractivity contribution in [3.8, 4) is 6.07 Å². The van der Waals surface area contributed by atoms with Crippen LogP contribution in [0.3, 0.4) is 0 Å². The van der Waals surface area contributed by atoms with Crippen LogP contribution in [-0.2, 0) is 12.7 Å². The molecule has 86 valence electrons. The average molecular weight is 228 g/mol. The van der Waals surface area contributed by atoms with Gasteiger partial charge >= 0.3 is 6.18 Å². The molecule has 0 saturated carbocycles. The van der Waals surface area contributed by atoms with Crippen LogP contribution in [0.15, 0.2) is 24.3 Å². The fourth-order valence-corrected chi connectivity index (χ4v) is 1.17. The van der Waals surface area contributed by atoms with Crippen LogP contribution in [0.2, 0.25) is 0 Å². The summed E-state index contributed by atoms with van der Waals surface area (Å²) in [6.07, 6.45) is -4.32. The van der Waals surface area contributed by atoms with Crippen molar-refractivity contribution in [3.63, 3.8) is 0 Å². The predicted octanol–water partition coefficient (Wildman–Crippen LogP) is 2.71. The van der Waals surface area contributed by atoms with Gasteiger partial charge in [0.25, 0.3) is 0 Å². The molecule has 0 fully saturated rings. The van der Waals surface area contributed by atoms with Crippen molar-refractivity contribution in [1.29, 1.82) is 5.26 Å². The second kappa shape index (κ2) is 4.99. The fraction of sp³-hybridized carbons (Fsp3) is 0.364. The molecule has 0 unspecified atom stereocenters. The van der Waals surface area contributed by atoms with Gasteiger partial charge in [0.2, 0.25) is 0 Å². The number of nitrogens with zero attached hydrogens (tertiary/aromatic N) is 1. The van der Waals surface area contributed by atoms with Crippen LogP contribution in [-0.4, -0.2) is 6.04 Å². The third kappa shape index (κ3) is 3.55. The standard InChI is InChI=1S/C11H11F3N2/c1-8(6-15)16-7-9-3-2-4-10(5-9)11(12,13)14/h2-5,8,16H,7H2,1H3/t8-/m1/s1. The first-order chi connectivity index (χ1) is 7.43. The summed E-state index contributed by atoms with van der Waals surface area (Å²) in [7, 11) is 0. The summed E-state index contributed by atoms with van der Waals surface area (Å²) < 4.78 is 37.1. The normalized spacial score (nSPS) is 13.2. The van der Waals surface area contributed by atoms with Crippen LogP contribution in [0.1, 0.15) is 18.1 Å². The fourth-order valence-electron chi connectivity index (χ4n) is 1.17. The van der Waals surface area contributed by atoms with Crippen molar-refractivity contribution >= 4 is 0 Å². The highest BCUT2D eigenvalue weighted by Gasteiger charge is 2.30. The number of benzene rings is 1. The zero-order valence-electron chi connectivity index (χ0n) is 8.67. The van der Waals surface area contributed by atoms with Gasteiger partial charge in [0.15, 0.2) is 0 Å². The second-order valence-corrected chi connectivity index (χ2v) is 3.43. The third-order valence-electron chi connectivity index (χ3n) is 2.06. The van der Waals surface area contributed by atoms with E-state index in [0.29, 0.717) is 5.56 Å². The lowest BCUT2D eigenvalue weighted by atomic mass is 10.1. The molecule has 0 radical (unpaired) electrons. The number of hydrogen-bond donors (Lipinski definition) is 1. The van der Waals surface area contributed by atoms with Gasteiger partial charge in [-0.1, -0.05) is 18.2 Å². The maximum Gasteiger partial charge on any atom is 0.416 e. The molecular weight excluding hydrogens is 217 g/mol. The number of halogens is 3. The van der Waals surface area contributed by atoms with Gasteiger partial charge in [0.1, 0.15) is 0 Å². The Morgan fingerprint density at radius 2 is 2.12 bits per heavy atom. The molecule has 1 aromatic rings. The molecule has 1 atom stereocenters. The van der Waals surface area contributed by atoms with E-state index in [1.165, 1.54) is 6.07 Å². The van der Waals surface area contributed by atoms with Crippen LogP contribution < -0.4 is 5.32 Å². The minimum absolute atomic E-state index is 0.249. The highest BCUT2D eigenvalue weighted by atomic mass is 19.4. The quantitative estimate of drug-likeness (QED) is 0.863. The minimum Gasteiger partial charge on any atom is -0.298 e. The molecule has 0 amide bonds. The summed E-state index contributed by atoms with van der Waals surface area (Å²) in [5, 5.41) is 11.3. The lowest BCUT2D eigenvalue weighted by Gasteiger charge is -2.10. The van der Waals surface area contributed by atoms with E-state index in [9.17, 15) is 13.2 Å². The Balaban J connectivity index is 2.73. The zero-order valence-corrected chi connectivity index (χ0v) is 8.67. The predicted molar refractivity (Wildman–Crippen MR) is 53.4 cm³/mol. The molecule has 5 heteroatoms. The molecular formula is C11H11F3N2. The molecule has 1 N–H and O–H groups in total. The topological polar surface area (TPSA) is 35.8 Å². The van der Waals surface area contributed by atoms with Gasteiger partial charge in [-0.2, -0.15) is 18.4 Å². The van der Waals surface area contributed by atoms with Crippen molar-refractivity contribution in [2.45, 2.75) is 25.7 Å². The molecule has 0 aliphatic rings. The SMILES string of the molecule is C[C@H](C#N)NCc1cccc(C(F)(F)F)c1. The van der Waals surface area contributed by atoms with Gasteiger partial charge in [0, 0.05) is 6.54 Å². The number of nitrogens with one attached hydrogen (secondary N) is 1. The molecule has 1 aromatic carbocycles. The first-order valence-electron chi connectivity index (χ1n) is 4.72. The van der Waals surface area contributed by atoms with E-state index in [-0.39, 0.29) is 12.6 Å². The van der Waals surface area contributed by atoms with E-state index in [0.717, 1.165) is 12.1 Å². The van der Waals surface area contributed by atoms with E-state index in [2.05, 4.69) is 5.32 Å².